The maximum Gasteiger partial charge on any atom is 0.399 e. The molecule has 1 atom stereocenters. The van der Waals surface area contributed by atoms with Gasteiger partial charge in [0.1, 0.15) is 17.7 Å². The molecular formula is C22H23F2N3O5S. The molecule has 3 aromatic rings. The smallest absolute Gasteiger partial charge is 0.399 e. The minimum Gasteiger partial charge on any atom is -0.416 e. The van der Waals surface area contributed by atoms with Gasteiger partial charge >= 0.3 is 6.08 Å². The van der Waals surface area contributed by atoms with Crippen LogP contribution >= 0.6 is 0 Å². The van der Waals surface area contributed by atoms with E-state index in [1.165, 1.54) is 6.92 Å². The molecule has 0 saturated heterocycles. The number of carbonyl (C=O) groups excluding carboxylic acids is 1. The van der Waals surface area contributed by atoms with Gasteiger partial charge in [-0.3, -0.25) is 9.52 Å². The molecule has 0 aliphatic heterocycles. The average molecular weight is 480 g/mol. The summed E-state index contributed by atoms with van der Waals surface area (Å²) in [5.74, 6) is -2.09. The molecule has 1 unspecified atom stereocenters. The molecule has 1 amide bonds. The fourth-order valence-corrected chi connectivity index (χ4v) is 3.49. The molecule has 0 spiro atoms. The second-order valence-corrected chi connectivity index (χ2v) is 9.51. The summed E-state index contributed by atoms with van der Waals surface area (Å²) >= 11 is 0. The van der Waals surface area contributed by atoms with Crippen LogP contribution in [0.5, 0.6) is 11.8 Å². The summed E-state index contributed by atoms with van der Waals surface area (Å²) in [6, 6.07) is 8.39. The Kier molecular flexibility index (Phi) is 7.01. The Labute approximate surface area is 190 Å². The van der Waals surface area contributed by atoms with Crippen LogP contribution in [0.2, 0.25) is 0 Å². The fourth-order valence-electron chi connectivity index (χ4n) is 2.93. The van der Waals surface area contributed by atoms with Crippen LogP contribution in [0.15, 0.2) is 47.1 Å². The normalized spacial score (nSPS) is 12.5. The zero-order valence-corrected chi connectivity index (χ0v) is 19.2. The van der Waals surface area contributed by atoms with Crippen molar-refractivity contribution in [3.8, 4) is 11.8 Å². The fraction of sp³-hybridized carbons (Fsp3) is 0.273. The number of hydrogen-bond donors (Lipinski definition) is 2. The number of anilines is 1. The van der Waals surface area contributed by atoms with Gasteiger partial charge in [0.25, 0.3) is 5.91 Å². The van der Waals surface area contributed by atoms with Gasteiger partial charge in [-0.1, -0.05) is 26.0 Å². The van der Waals surface area contributed by atoms with Gasteiger partial charge in [0.05, 0.1) is 12.3 Å². The van der Waals surface area contributed by atoms with E-state index in [1.54, 1.807) is 10.8 Å². The molecule has 176 valence electrons. The molecule has 33 heavy (non-hydrogen) atoms. The second-order valence-electron chi connectivity index (χ2n) is 7.76. The number of hydrogen-bond acceptors (Lipinski definition) is 6. The van der Waals surface area contributed by atoms with Gasteiger partial charge in [-0.25, -0.2) is 17.2 Å². The Morgan fingerprint density at radius 3 is 2.36 bits per heavy atom. The van der Waals surface area contributed by atoms with E-state index in [2.05, 4.69) is 10.3 Å². The highest BCUT2D eigenvalue weighted by Crippen LogP contribution is 2.27. The molecule has 2 N–H and O–H groups in total. The molecule has 0 bridgehead atoms. The largest absolute Gasteiger partial charge is 0.416 e. The van der Waals surface area contributed by atoms with Crippen LogP contribution < -0.4 is 14.8 Å². The maximum absolute atomic E-state index is 14.2. The third kappa shape index (κ3) is 6.28. The van der Waals surface area contributed by atoms with Crippen LogP contribution in [-0.2, 0) is 10.0 Å². The predicted octanol–water partition coefficient (Wildman–Crippen LogP) is 4.73. The van der Waals surface area contributed by atoms with Crippen LogP contribution in [0.25, 0.3) is 0 Å². The summed E-state index contributed by atoms with van der Waals surface area (Å²) in [6.07, 6.45) is 1.74. The van der Waals surface area contributed by atoms with Gasteiger partial charge < -0.3 is 14.5 Å². The summed E-state index contributed by atoms with van der Waals surface area (Å²) in [4.78, 5) is 16.5. The molecule has 0 aliphatic rings. The number of aromatic nitrogens is 1. The highest BCUT2D eigenvalue weighted by atomic mass is 32.2. The lowest BCUT2D eigenvalue weighted by Gasteiger charge is -2.15. The van der Waals surface area contributed by atoms with Crippen molar-refractivity contribution in [3.63, 3.8) is 0 Å². The molecule has 8 nitrogen and oxygen atoms in total. The van der Waals surface area contributed by atoms with Gasteiger partial charge in [-0.2, -0.15) is 4.98 Å². The zero-order chi connectivity index (χ0) is 24.3. The molecule has 2 aromatic carbocycles. The lowest BCUT2D eigenvalue weighted by atomic mass is 10.0. The molecule has 11 heteroatoms. The summed E-state index contributed by atoms with van der Waals surface area (Å²) in [7, 11) is -3.87. The Hall–Kier alpha value is -3.47. The van der Waals surface area contributed by atoms with E-state index in [1.807, 2.05) is 32.0 Å². The number of carbonyl (C=O) groups is 1. The lowest BCUT2D eigenvalue weighted by Crippen LogP contribution is -2.27. The SMILES string of the molecule is CC(C)c1cccc(Oc2nc(C(=O)NC(C)c3cc(F)c(NS(C)(=O)=O)c(F)c3)co2)c1. The molecule has 0 radical (unpaired) electrons. The first-order chi connectivity index (χ1) is 15.4. The standard InChI is InChI=1S/C22H23F2N3O5S/c1-12(2)14-6-5-7-16(8-14)32-22-26-19(11-31-22)21(28)25-13(3)15-9-17(23)20(18(24)10-15)27-33(4,29)30/h5-13,27H,1-4H3,(H,25,28). The zero-order valence-electron chi connectivity index (χ0n) is 18.3. The van der Waals surface area contributed by atoms with Crippen molar-refractivity contribution in [1.29, 1.82) is 0 Å². The van der Waals surface area contributed by atoms with Crippen molar-refractivity contribution < 1.29 is 31.1 Å². The Balaban J connectivity index is 1.69. The summed E-state index contributed by atoms with van der Waals surface area (Å²) in [6.45, 7) is 5.59. The Bertz CT molecular complexity index is 1250. The van der Waals surface area contributed by atoms with E-state index in [-0.39, 0.29) is 17.3 Å². The number of rotatable bonds is 8. The van der Waals surface area contributed by atoms with Gasteiger partial charge in [0.15, 0.2) is 17.3 Å². The topological polar surface area (TPSA) is 111 Å². The first kappa shape index (κ1) is 24.2. The quantitative estimate of drug-likeness (QED) is 0.483. The number of oxazole rings is 1. The lowest BCUT2D eigenvalue weighted by molar-refractivity contribution is 0.0934. The molecule has 0 fully saturated rings. The number of ether oxygens (including phenoxy) is 1. The van der Waals surface area contributed by atoms with Crippen LogP contribution in [0, 0.1) is 11.6 Å². The molecule has 0 aliphatic carbocycles. The van der Waals surface area contributed by atoms with E-state index in [4.69, 9.17) is 9.15 Å². The second kappa shape index (κ2) is 9.57. The number of nitrogens with one attached hydrogen (secondary N) is 2. The monoisotopic (exact) mass is 479 g/mol. The maximum atomic E-state index is 14.2. The highest BCUT2D eigenvalue weighted by Gasteiger charge is 2.20. The van der Waals surface area contributed by atoms with Crippen LogP contribution in [-0.4, -0.2) is 25.6 Å². The number of nitrogens with zero attached hydrogens (tertiary/aromatic N) is 1. The predicted molar refractivity (Wildman–Crippen MR) is 118 cm³/mol. The number of amides is 1. The summed E-state index contributed by atoms with van der Waals surface area (Å²) < 4.78 is 63.5. The van der Waals surface area contributed by atoms with Gasteiger partial charge in [-0.15, -0.1) is 0 Å². The van der Waals surface area contributed by atoms with Crippen LogP contribution in [0.1, 0.15) is 54.3 Å². The molecule has 1 heterocycles. The molecule has 3 rings (SSSR count). The van der Waals surface area contributed by atoms with E-state index in [0.29, 0.717) is 11.7 Å². The Morgan fingerprint density at radius 1 is 1.09 bits per heavy atom. The van der Waals surface area contributed by atoms with Crippen molar-refractivity contribution >= 4 is 21.6 Å². The van der Waals surface area contributed by atoms with Crippen molar-refractivity contribution in [2.75, 3.05) is 11.0 Å². The highest BCUT2D eigenvalue weighted by molar-refractivity contribution is 7.92. The minimum absolute atomic E-state index is 0.0860. The summed E-state index contributed by atoms with van der Waals surface area (Å²) in [5.41, 5.74) is 0.263. The third-order valence-corrected chi connectivity index (χ3v) is 5.22. The van der Waals surface area contributed by atoms with Crippen LogP contribution in [0.4, 0.5) is 14.5 Å². The molecular weight excluding hydrogens is 456 g/mol. The molecule has 0 saturated carbocycles. The van der Waals surface area contributed by atoms with Gasteiger partial charge in [0.2, 0.25) is 10.0 Å². The number of sulfonamides is 1. The number of benzene rings is 2. The summed E-state index contributed by atoms with van der Waals surface area (Å²) in [5, 5.41) is 2.55. The van der Waals surface area contributed by atoms with Crippen molar-refractivity contribution in [2.45, 2.75) is 32.7 Å². The van der Waals surface area contributed by atoms with E-state index < -0.39 is 39.3 Å². The van der Waals surface area contributed by atoms with Crippen molar-refractivity contribution in [2.24, 2.45) is 0 Å². The number of halogens is 2. The first-order valence-electron chi connectivity index (χ1n) is 9.94. The third-order valence-electron chi connectivity index (χ3n) is 4.65. The average Bonchev–Trinajstić information content (AvgIpc) is 3.18. The van der Waals surface area contributed by atoms with Crippen molar-refractivity contribution in [3.05, 3.63) is 71.1 Å². The van der Waals surface area contributed by atoms with Gasteiger partial charge in [0, 0.05) is 0 Å². The van der Waals surface area contributed by atoms with Gasteiger partial charge in [-0.05, 0) is 48.2 Å². The van der Waals surface area contributed by atoms with E-state index in [0.717, 1.165) is 30.2 Å². The Morgan fingerprint density at radius 2 is 1.76 bits per heavy atom. The van der Waals surface area contributed by atoms with E-state index in [9.17, 15) is 22.0 Å². The van der Waals surface area contributed by atoms with E-state index >= 15 is 0 Å². The first-order valence-corrected chi connectivity index (χ1v) is 11.8. The van der Waals surface area contributed by atoms with Crippen molar-refractivity contribution in [1.82, 2.24) is 10.3 Å². The van der Waals surface area contributed by atoms with Crippen LogP contribution in [0.3, 0.4) is 0 Å². The minimum atomic E-state index is -3.87. The molecule has 1 aromatic heterocycles.